The number of rotatable bonds is 5. The Morgan fingerprint density at radius 3 is 2.27 bits per heavy atom. The van der Waals surface area contributed by atoms with E-state index in [1.807, 2.05) is 17.5 Å². The number of Topliss-reactive ketones (excluding diaryl/α,β-unsaturated/α-hetero) is 1. The van der Waals surface area contributed by atoms with Crippen molar-refractivity contribution in [2.75, 3.05) is 12.9 Å². The molecule has 0 atom stereocenters. The summed E-state index contributed by atoms with van der Waals surface area (Å²) in [6.45, 7) is 0. The van der Waals surface area contributed by atoms with Gasteiger partial charge in [0.25, 0.3) is 0 Å². The third kappa shape index (κ3) is 3.74. The lowest BCUT2D eigenvalue weighted by molar-refractivity contribution is 0.0600. The number of benzene rings is 2. The van der Waals surface area contributed by atoms with Gasteiger partial charge in [0.2, 0.25) is 0 Å². The van der Waals surface area contributed by atoms with Crippen LogP contribution in [0.3, 0.4) is 0 Å². The summed E-state index contributed by atoms with van der Waals surface area (Å²) in [5, 5.41) is 10.4. The highest BCUT2D eigenvalue weighted by atomic mass is 32.2. The maximum absolute atomic E-state index is 12.0. The second kappa shape index (κ2) is 7.43. The minimum Gasteiger partial charge on any atom is -0.465 e. The van der Waals surface area contributed by atoms with E-state index in [9.17, 15) is 9.59 Å². The lowest BCUT2D eigenvalue weighted by atomic mass is 10.00. The molecule has 0 amide bonds. The summed E-state index contributed by atoms with van der Waals surface area (Å²) in [6.07, 6.45) is 0. The molecule has 0 aliphatic carbocycles. The van der Waals surface area contributed by atoms with Crippen LogP contribution in [0, 0.1) is 10.7 Å². The molecule has 0 saturated carbocycles. The zero-order chi connectivity index (χ0) is 15.9. The molecule has 0 radical (unpaired) electrons. The Bertz CT molecular complexity index is 750. The number of esters is 1. The second-order valence-electron chi connectivity index (χ2n) is 4.46. The number of ketones is 1. The van der Waals surface area contributed by atoms with E-state index in [0.29, 0.717) is 11.1 Å². The number of hydrogen-bond acceptors (Lipinski definition) is 5. The van der Waals surface area contributed by atoms with Crippen LogP contribution in [0.2, 0.25) is 0 Å². The van der Waals surface area contributed by atoms with Gasteiger partial charge in [-0.1, -0.05) is 30.3 Å². The van der Waals surface area contributed by atoms with E-state index >= 15 is 0 Å². The molecule has 0 spiro atoms. The Balaban J connectivity index is 2.32. The predicted octanol–water partition coefficient (Wildman–Crippen LogP) is 3.54. The third-order valence-electron chi connectivity index (χ3n) is 3.07. The average molecular weight is 311 g/mol. The highest BCUT2D eigenvalue weighted by Gasteiger charge is 2.10. The topological polar surface area (TPSA) is 67.2 Å². The summed E-state index contributed by atoms with van der Waals surface area (Å²) in [7, 11) is 1.33. The molecule has 0 aromatic heterocycles. The molecule has 0 unspecified atom stereocenters. The highest BCUT2D eigenvalue weighted by Crippen LogP contribution is 2.22. The molecule has 5 heteroatoms. The van der Waals surface area contributed by atoms with Gasteiger partial charge in [0.1, 0.15) is 5.40 Å². The highest BCUT2D eigenvalue weighted by molar-refractivity contribution is 8.04. The molecule has 110 valence electrons. The summed E-state index contributed by atoms with van der Waals surface area (Å²) in [5.41, 5.74) is 2.66. The van der Waals surface area contributed by atoms with E-state index in [4.69, 9.17) is 10.00 Å². The zero-order valence-corrected chi connectivity index (χ0v) is 12.7. The Morgan fingerprint density at radius 1 is 1.09 bits per heavy atom. The van der Waals surface area contributed by atoms with Crippen LogP contribution in [-0.4, -0.2) is 24.6 Å². The number of hydrogen-bond donors (Lipinski definition) is 0. The zero-order valence-electron chi connectivity index (χ0n) is 11.9. The normalized spacial score (nSPS) is 9.82. The Morgan fingerprint density at radius 2 is 1.68 bits per heavy atom. The molecule has 0 fully saturated rings. The molecule has 4 nitrogen and oxygen atoms in total. The molecule has 22 heavy (non-hydrogen) atoms. The molecular formula is C17H13NO3S. The van der Waals surface area contributed by atoms with Crippen LogP contribution in [-0.2, 0) is 4.74 Å². The number of nitriles is 1. The van der Waals surface area contributed by atoms with E-state index in [1.165, 1.54) is 7.11 Å². The summed E-state index contributed by atoms with van der Waals surface area (Å²) < 4.78 is 4.71. The number of thiocyanates is 1. The van der Waals surface area contributed by atoms with Crippen molar-refractivity contribution in [3.63, 3.8) is 0 Å². The lowest BCUT2D eigenvalue weighted by Gasteiger charge is -2.06. The van der Waals surface area contributed by atoms with Crippen molar-refractivity contribution in [3.8, 4) is 16.5 Å². The van der Waals surface area contributed by atoms with Gasteiger partial charge < -0.3 is 4.74 Å². The van der Waals surface area contributed by atoms with Crippen molar-refractivity contribution in [1.29, 1.82) is 5.26 Å². The van der Waals surface area contributed by atoms with Gasteiger partial charge in [-0.2, -0.15) is 5.26 Å². The van der Waals surface area contributed by atoms with Crippen molar-refractivity contribution >= 4 is 23.5 Å². The van der Waals surface area contributed by atoms with Crippen molar-refractivity contribution in [2.45, 2.75) is 0 Å². The Hall–Kier alpha value is -2.58. The molecule has 2 aromatic rings. The number of methoxy groups -OCH3 is 1. The lowest BCUT2D eigenvalue weighted by Crippen LogP contribution is -2.02. The average Bonchev–Trinajstić information content (AvgIpc) is 2.59. The molecule has 0 aliphatic heterocycles. The van der Waals surface area contributed by atoms with Gasteiger partial charge in [-0.15, -0.1) is 0 Å². The first-order valence-electron chi connectivity index (χ1n) is 6.48. The first-order valence-corrected chi connectivity index (χ1v) is 7.47. The van der Waals surface area contributed by atoms with Crippen molar-refractivity contribution in [3.05, 3.63) is 59.7 Å². The fraction of sp³-hybridized carbons (Fsp3) is 0.118. The SMILES string of the molecule is COC(=O)c1cccc(-c2cccc(C(=O)CSC#N)c2)c1. The fourth-order valence-corrected chi connectivity index (χ4v) is 2.36. The molecule has 0 bridgehead atoms. The van der Waals surface area contributed by atoms with Crippen molar-refractivity contribution in [2.24, 2.45) is 0 Å². The molecule has 0 heterocycles. The summed E-state index contributed by atoms with van der Waals surface area (Å²) in [4.78, 5) is 23.5. The molecule has 0 aliphatic rings. The Kier molecular flexibility index (Phi) is 5.34. The molecule has 2 rings (SSSR count). The van der Waals surface area contributed by atoms with E-state index in [2.05, 4.69) is 0 Å². The largest absolute Gasteiger partial charge is 0.465 e. The van der Waals surface area contributed by atoms with Crippen LogP contribution >= 0.6 is 11.8 Å². The smallest absolute Gasteiger partial charge is 0.337 e. The Labute approximate surface area is 132 Å². The van der Waals surface area contributed by atoms with Gasteiger partial charge in [0.05, 0.1) is 18.4 Å². The van der Waals surface area contributed by atoms with Crippen LogP contribution in [0.25, 0.3) is 11.1 Å². The first kappa shape index (κ1) is 15.8. The minimum absolute atomic E-state index is 0.0995. The van der Waals surface area contributed by atoms with Gasteiger partial charge in [-0.05, 0) is 41.1 Å². The summed E-state index contributed by atoms with van der Waals surface area (Å²) >= 11 is 0.917. The standard InChI is InChI=1S/C17H13NO3S/c1-21-17(20)15-7-3-5-13(9-15)12-4-2-6-14(8-12)16(19)10-22-11-18/h2-9H,10H2,1H3. The molecule has 2 aromatic carbocycles. The second-order valence-corrected chi connectivity index (χ2v) is 5.22. The number of carbonyl (C=O) groups excluding carboxylic acids is 2. The summed E-state index contributed by atoms with van der Waals surface area (Å²) in [6, 6.07) is 14.1. The minimum atomic E-state index is -0.403. The molecule has 0 saturated heterocycles. The van der Waals surface area contributed by atoms with E-state index < -0.39 is 5.97 Å². The van der Waals surface area contributed by atoms with Crippen molar-refractivity contribution < 1.29 is 14.3 Å². The fourth-order valence-electron chi connectivity index (χ4n) is 2.00. The van der Waals surface area contributed by atoms with Gasteiger partial charge in [0, 0.05) is 5.56 Å². The predicted molar refractivity (Wildman–Crippen MR) is 85.6 cm³/mol. The van der Waals surface area contributed by atoms with Gasteiger partial charge >= 0.3 is 5.97 Å². The monoisotopic (exact) mass is 311 g/mol. The van der Waals surface area contributed by atoms with Crippen LogP contribution < -0.4 is 0 Å². The van der Waals surface area contributed by atoms with Gasteiger partial charge in [0.15, 0.2) is 5.78 Å². The number of ether oxygens (including phenoxy) is 1. The number of thioether (sulfide) groups is 1. The molecule has 0 N–H and O–H groups in total. The van der Waals surface area contributed by atoms with E-state index in [-0.39, 0.29) is 11.5 Å². The molecular weight excluding hydrogens is 298 g/mol. The van der Waals surface area contributed by atoms with E-state index in [0.717, 1.165) is 22.9 Å². The number of nitrogens with zero attached hydrogens (tertiary/aromatic N) is 1. The number of carbonyl (C=O) groups is 2. The summed E-state index contributed by atoms with van der Waals surface area (Å²) in [5.74, 6) is -0.376. The van der Waals surface area contributed by atoms with Crippen molar-refractivity contribution in [1.82, 2.24) is 0 Å². The quantitative estimate of drug-likeness (QED) is 0.480. The van der Waals surface area contributed by atoms with Crippen LogP contribution in [0.15, 0.2) is 48.5 Å². The van der Waals surface area contributed by atoms with Gasteiger partial charge in [-0.25, -0.2) is 4.79 Å². The van der Waals surface area contributed by atoms with E-state index in [1.54, 1.807) is 36.4 Å². The third-order valence-corrected chi connectivity index (χ3v) is 3.60. The van der Waals surface area contributed by atoms with Crippen LogP contribution in [0.1, 0.15) is 20.7 Å². The van der Waals surface area contributed by atoms with Crippen LogP contribution in [0.5, 0.6) is 0 Å². The maximum Gasteiger partial charge on any atom is 0.337 e. The first-order chi connectivity index (χ1) is 10.7. The maximum atomic E-state index is 12.0. The van der Waals surface area contributed by atoms with Crippen LogP contribution in [0.4, 0.5) is 0 Å². The van der Waals surface area contributed by atoms with Gasteiger partial charge in [-0.3, -0.25) is 4.79 Å².